The van der Waals surface area contributed by atoms with Gasteiger partial charge in [-0.05, 0) is 24.3 Å². The quantitative estimate of drug-likeness (QED) is 0.255. The zero-order chi connectivity index (χ0) is 27.1. The van der Waals surface area contributed by atoms with Crippen LogP contribution in [0, 0.1) is 0 Å². The van der Waals surface area contributed by atoms with Gasteiger partial charge in [0, 0.05) is 39.3 Å². The van der Waals surface area contributed by atoms with Gasteiger partial charge in [0.15, 0.2) is 12.4 Å². The van der Waals surface area contributed by atoms with Crippen molar-refractivity contribution in [2.45, 2.75) is 13.3 Å². The van der Waals surface area contributed by atoms with Crippen molar-refractivity contribution in [2.75, 3.05) is 66.4 Å². The second-order valence-electron chi connectivity index (χ2n) is 8.58. The molecule has 0 radical (unpaired) electrons. The van der Waals surface area contributed by atoms with Crippen LogP contribution in [-0.4, -0.2) is 73.7 Å². The summed E-state index contributed by atoms with van der Waals surface area (Å²) in [5.41, 5.74) is 3.45. The second-order valence-corrected chi connectivity index (χ2v) is 8.58. The average Bonchev–Trinajstić information content (AvgIpc) is 3.30. The zero-order valence-corrected chi connectivity index (χ0v) is 24.3. The molecule has 3 aromatic rings. The highest BCUT2D eigenvalue weighted by molar-refractivity contribution is 5.85. The van der Waals surface area contributed by atoms with E-state index in [4.69, 9.17) is 18.9 Å². The van der Waals surface area contributed by atoms with Crippen LogP contribution in [0.4, 0.5) is 11.4 Å². The Bertz CT molecular complexity index is 1140. The van der Waals surface area contributed by atoms with Gasteiger partial charge in [0.2, 0.25) is 0 Å². The van der Waals surface area contributed by atoms with Crippen molar-refractivity contribution in [2.24, 2.45) is 10.2 Å². The normalized spacial score (nSPS) is 11.0. The van der Waals surface area contributed by atoms with Crippen LogP contribution in [0.25, 0.3) is 0 Å². The van der Waals surface area contributed by atoms with Crippen LogP contribution in [-0.2, 0) is 6.42 Å². The van der Waals surface area contributed by atoms with Gasteiger partial charge in [0.25, 0.3) is 0 Å². The van der Waals surface area contributed by atoms with E-state index < -0.39 is 0 Å². The third-order valence-corrected chi connectivity index (χ3v) is 5.76. The van der Waals surface area contributed by atoms with E-state index in [1.807, 2.05) is 74.6 Å². The molecule has 0 aliphatic rings. The molecule has 0 aliphatic heterocycles. The number of nitrogens with zero attached hydrogens (tertiary/aromatic N) is 6. The van der Waals surface area contributed by atoms with E-state index in [2.05, 4.69) is 17.1 Å². The first-order chi connectivity index (χ1) is 17.8. The van der Waals surface area contributed by atoms with E-state index in [1.165, 1.54) is 0 Å². The molecule has 1 heterocycles. The van der Waals surface area contributed by atoms with Crippen molar-refractivity contribution >= 4 is 23.8 Å². The summed E-state index contributed by atoms with van der Waals surface area (Å²) in [6, 6.07) is 7.73. The summed E-state index contributed by atoms with van der Waals surface area (Å²) in [5.74, 6) is 3.74. The molecule has 3 rings (SSSR count). The minimum absolute atomic E-state index is 0. The lowest BCUT2D eigenvalue weighted by molar-refractivity contribution is -0.685. The standard InChI is InChI=1S/C27H37N6O4.ClH/c1-10-25-32(28-17-19-13-21(34-6)26(30(2)3)22(14-19)35-7)11-12-33(25)29-18-20-15-23(36-8)27(31(4)5)24(16-20)37-9;/h11-18H,10H2,1-9H3;1H/q+1;/p-1/b28-17+,29-18+;. The molecule has 0 bridgehead atoms. The largest absolute Gasteiger partial charge is 1.00 e. The van der Waals surface area contributed by atoms with Crippen molar-refractivity contribution in [3.63, 3.8) is 0 Å². The van der Waals surface area contributed by atoms with Crippen molar-refractivity contribution in [1.29, 1.82) is 0 Å². The molecule has 11 heteroatoms. The first-order valence-corrected chi connectivity index (χ1v) is 11.8. The molecule has 0 spiro atoms. The summed E-state index contributed by atoms with van der Waals surface area (Å²) in [6.45, 7) is 2.06. The number of aromatic nitrogens is 2. The van der Waals surface area contributed by atoms with Gasteiger partial charge < -0.3 is 41.2 Å². The highest BCUT2D eigenvalue weighted by Crippen LogP contribution is 2.38. The number of benzene rings is 2. The molecule has 38 heavy (non-hydrogen) atoms. The topological polar surface area (TPSA) is 76.9 Å². The van der Waals surface area contributed by atoms with E-state index in [1.54, 1.807) is 50.2 Å². The first-order valence-electron chi connectivity index (χ1n) is 11.8. The SMILES string of the molecule is CCc1n(/N=C/c2cc(OC)c(N(C)C)c(OC)c2)cc[n+]1/N=C/c1cc(OC)c(N(C)C)c(OC)c1.[Cl-]. The Labute approximate surface area is 231 Å². The highest BCUT2D eigenvalue weighted by Gasteiger charge is 2.18. The molecule has 0 saturated carbocycles. The molecule has 0 aliphatic carbocycles. The van der Waals surface area contributed by atoms with E-state index in [-0.39, 0.29) is 12.4 Å². The highest BCUT2D eigenvalue weighted by atomic mass is 35.5. The van der Waals surface area contributed by atoms with Crippen LogP contribution in [0.1, 0.15) is 23.9 Å². The van der Waals surface area contributed by atoms with E-state index in [0.717, 1.165) is 34.7 Å². The van der Waals surface area contributed by atoms with E-state index in [0.29, 0.717) is 23.0 Å². The second kappa shape index (κ2) is 13.6. The molecule has 0 saturated heterocycles. The van der Waals surface area contributed by atoms with E-state index >= 15 is 0 Å². The number of hydrogen-bond acceptors (Lipinski definition) is 8. The zero-order valence-electron chi connectivity index (χ0n) is 23.5. The predicted octanol–water partition coefficient (Wildman–Crippen LogP) is 0.273. The first kappa shape index (κ1) is 30.3. The van der Waals surface area contributed by atoms with Gasteiger partial charge in [-0.3, -0.25) is 0 Å². The van der Waals surface area contributed by atoms with Gasteiger partial charge in [-0.25, -0.2) is 0 Å². The van der Waals surface area contributed by atoms with Crippen LogP contribution < -0.4 is 45.8 Å². The lowest BCUT2D eigenvalue weighted by atomic mass is 10.1. The molecular weight excluding hydrogens is 508 g/mol. The van der Waals surface area contributed by atoms with Crippen LogP contribution in [0.15, 0.2) is 46.9 Å². The molecule has 1 aromatic heterocycles. The number of rotatable bonds is 11. The van der Waals surface area contributed by atoms with Gasteiger partial charge in [0.1, 0.15) is 34.4 Å². The fourth-order valence-electron chi connectivity index (χ4n) is 4.05. The Morgan fingerprint density at radius 2 is 1.18 bits per heavy atom. The maximum absolute atomic E-state index is 5.58. The summed E-state index contributed by atoms with van der Waals surface area (Å²) in [4.78, 5) is 3.92. The number of anilines is 2. The summed E-state index contributed by atoms with van der Waals surface area (Å²) in [6.07, 6.45) is 8.00. The van der Waals surface area contributed by atoms with Crippen LogP contribution in [0.3, 0.4) is 0 Å². The Kier molecular flexibility index (Phi) is 10.8. The summed E-state index contributed by atoms with van der Waals surface area (Å²) < 4.78 is 25.9. The molecule has 0 fully saturated rings. The molecule has 10 nitrogen and oxygen atoms in total. The Balaban J connectivity index is 0.00000507. The van der Waals surface area contributed by atoms with Crippen molar-refractivity contribution in [3.8, 4) is 23.0 Å². The van der Waals surface area contributed by atoms with Crippen LogP contribution in [0.2, 0.25) is 0 Å². The number of halogens is 1. The van der Waals surface area contributed by atoms with Crippen molar-refractivity contribution < 1.29 is 36.0 Å². The fraction of sp³-hybridized carbons (Fsp3) is 0.370. The van der Waals surface area contributed by atoms with Crippen LogP contribution in [0.5, 0.6) is 23.0 Å². The maximum Gasteiger partial charge on any atom is 0.307 e. The number of ether oxygens (including phenoxy) is 4. The Morgan fingerprint density at radius 1 is 0.763 bits per heavy atom. The average molecular weight is 545 g/mol. The van der Waals surface area contributed by atoms with Gasteiger partial charge in [-0.2, -0.15) is 0 Å². The van der Waals surface area contributed by atoms with Crippen LogP contribution >= 0.6 is 0 Å². The molecule has 0 atom stereocenters. The van der Waals surface area contributed by atoms with Gasteiger partial charge in [-0.15, -0.1) is 9.35 Å². The van der Waals surface area contributed by atoms with Crippen molar-refractivity contribution in [3.05, 3.63) is 53.6 Å². The molecule has 206 valence electrons. The van der Waals surface area contributed by atoms with Gasteiger partial charge >= 0.3 is 5.82 Å². The number of hydrogen-bond donors (Lipinski definition) is 0. The summed E-state index contributed by atoms with van der Waals surface area (Å²) >= 11 is 0. The monoisotopic (exact) mass is 544 g/mol. The van der Waals surface area contributed by atoms with E-state index in [9.17, 15) is 0 Å². The molecule has 0 unspecified atom stereocenters. The van der Waals surface area contributed by atoms with Gasteiger partial charge in [-0.1, -0.05) is 17.1 Å². The van der Waals surface area contributed by atoms with Gasteiger partial charge in [0.05, 0.1) is 47.3 Å². The number of imidazole rings is 1. The third kappa shape index (κ3) is 6.49. The number of methoxy groups -OCH3 is 4. The Morgan fingerprint density at radius 3 is 1.55 bits per heavy atom. The van der Waals surface area contributed by atoms with Crippen molar-refractivity contribution in [1.82, 2.24) is 4.68 Å². The lowest BCUT2D eigenvalue weighted by Gasteiger charge is -2.20. The fourth-order valence-corrected chi connectivity index (χ4v) is 4.05. The molecular formula is C27H37ClN6O4. The summed E-state index contributed by atoms with van der Waals surface area (Å²) in [5, 5.41) is 9.32. The lowest BCUT2D eigenvalue weighted by Crippen LogP contribution is -3.00. The smallest absolute Gasteiger partial charge is 0.307 e. The predicted molar refractivity (Wildman–Crippen MR) is 148 cm³/mol. The summed E-state index contributed by atoms with van der Waals surface area (Å²) in [7, 11) is 14.4. The Hall–Kier alpha value is -3.92. The minimum atomic E-state index is 0. The molecule has 0 amide bonds. The molecule has 0 N–H and O–H groups in total. The minimum Gasteiger partial charge on any atom is -1.00 e. The maximum atomic E-state index is 5.58. The molecule has 2 aromatic carbocycles. The third-order valence-electron chi connectivity index (χ3n) is 5.76.